The van der Waals surface area contributed by atoms with Gasteiger partial charge < -0.3 is 10.1 Å². The fourth-order valence-electron chi connectivity index (χ4n) is 2.74. The van der Waals surface area contributed by atoms with Crippen LogP contribution in [0.4, 0.5) is 13.2 Å². The van der Waals surface area contributed by atoms with Crippen LogP contribution in [0.2, 0.25) is 0 Å². The Morgan fingerprint density at radius 1 is 1.23 bits per heavy atom. The molecular formula is C18H19F3N4O. The molecule has 0 atom stereocenters. The molecule has 0 bridgehead atoms. The number of hydrogen-bond donors (Lipinski definition) is 1. The van der Waals surface area contributed by atoms with Crippen molar-refractivity contribution in [2.45, 2.75) is 19.6 Å². The summed E-state index contributed by atoms with van der Waals surface area (Å²) in [5.41, 5.74) is 1.94. The number of ether oxygens (including phenoxy) is 1. The van der Waals surface area contributed by atoms with Gasteiger partial charge in [-0.1, -0.05) is 12.1 Å². The average molecular weight is 364 g/mol. The van der Waals surface area contributed by atoms with Gasteiger partial charge in [-0.3, -0.25) is 4.68 Å². The molecule has 1 N–H and O–H groups in total. The SMILES string of the molecule is Cc1nn(C)c2ncc(CNCCOc3ccccc3C(F)(F)F)cc12. The van der Waals surface area contributed by atoms with Gasteiger partial charge in [-0.2, -0.15) is 18.3 Å². The third-order valence-electron chi connectivity index (χ3n) is 3.98. The van der Waals surface area contributed by atoms with Crippen molar-refractivity contribution in [3.63, 3.8) is 0 Å². The van der Waals surface area contributed by atoms with Crippen molar-refractivity contribution in [2.24, 2.45) is 7.05 Å². The van der Waals surface area contributed by atoms with Gasteiger partial charge in [0.15, 0.2) is 5.65 Å². The van der Waals surface area contributed by atoms with E-state index < -0.39 is 11.7 Å². The van der Waals surface area contributed by atoms with E-state index in [9.17, 15) is 13.2 Å². The first-order valence-electron chi connectivity index (χ1n) is 8.14. The highest BCUT2D eigenvalue weighted by Crippen LogP contribution is 2.35. The molecular weight excluding hydrogens is 345 g/mol. The summed E-state index contributed by atoms with van der Waals surface area (Å²) in [6.07, 6.45) is -2.66. The Hall–Kier alpha value is -2.61. The number of para-hydroxylation sites is 1. The highest BCUT2D eigenvalue weighted by atomic mass is 19.4. The van der Waals surface area contributed by atoms with Crippen molar-refractivity contribution in [2.75, 3.05) is 13.2 Å². The molecule has 0 saturated heterocycles. The van der Waals surface area contributed by atoms with Crippen LogP contribution in [0, 0.1) is 6.92 Å². The second-order valence-corrected chi connectivity index (χ2v) is 5.94. The second kappa shape index (κ2) is 7.33. The minimum atomic E-state index is -4.42. The van der Waals surface area contributed by atoms with Crippen LogP contribution in [-0.4, -0.2) is 27.9 Å². The lowest BCUT2D eigenvalue weighted by Gasteiger charge is -2.14. The van der Waals surface area contributed by atoms with E-state index >= 15 is 0 Å². The van der Waals surface area contributed by atoms with E-state index in [1.54, 1.807) is 10.9 Å². The zero-order valence-corrected chi connectivity index (χ0v) is 14.5. The normalized spacial score (nSPS) is 11.9. The molecule has 0 saturated carbocycles. The number of fused-ring (bicyclic) bond motifs is 1. The van der Waals surface area contributed by atoms with Gasteiger partial charge in [0.1, 0.15) is 12.4 Å². The Labute approximate surface area is 148 Å². The van der Waals surface area contributed by atoms with Crippen LogP contribution in [0.25, 0.3) is 11.0 Å². The lowest BCUT2D eigenvalue weighted by atomic mass is 10.2. The Morgan fingerprint density at radius 3 is 2.77 bits per heavy atom. The number of aryl methyl sites for hydroxylation is 2. The molecule has 138 valence electrons. The van der Waals surface area contributed by atoms with Crippen molar-refractivity contribution in [1.82, 2.24) is 20.1 Å². The summed E-state index contributed by atoms with van der Waals surface area (Å²) in [5, 5.41) is 8.46. The molecule has 1 aromatic carbocycles. The van der Waals surface area contributed by atoms with Gasteiger partial charge >= 0.3 is 6.18 Å². The minimum absolute atomic E-state index is 0.134. The summed E-state index contributed by atoms with van der Waals surface area (Å²) in [5.74, 6) is -0.157. The number of alkyl halides is 3. The number of halogens is 3. The summed E-state index contributed by atoms with van der Waals surface area (Å²) in [4.78, 5) is 4.39. The number of benzene rings is 1. The summed E-state index contributed by atoms with van der Waals surface area (Å²) in [6, 6.07) is 7.22. The smallest absolute Gasteiger partial charge is 0.419 e. The van der Waals surface area contributed by atoms with Crippen LogP contribution >= 0.6 is 0 Å². The molecule has 0 unspecified atom stereocenters. The fraction of sp³-hybridized carbons (Fsp3) is 0.333. The molecule has 26 heavy (non-hydrogen) atoms. The van der Waals surface area contributed by atoms with Crippen molar-refractivity contribution < 1.29 is 17.9 Å². The van der Waals surface area contributed by atoms with Gasteiger partial charge in [-0.25, -0.2) is 4.98 Å². The zero-order chi connectivity index (χ0) is 18.7. The van der Waals surface area contributed by atoms with E-state index in [1.807, 2.05) is 20.0 Å². The molecule has 8 heteroatoms. The van der Waals surface area contributed by atoms with Gasteiger partial charge in [-0.05, 0) is 30.7 Å². The number of pyridine rings is 1. The van der Waals surface area contributed by atoms with Gasteiger partial charge in [-0.15, -0.1) is 0 Å². The van der Waals surface area contributed by atoms with Crippen LogP contribution in [0.3, 0.4) is 0 Å². The monoisotopic (exact) mass is 364 g/mol. The van der Waals surface area contributed by atoms with Gasteiger partial charge in [0, 0.05) is 31.7 Å². The molecule has 0 spiro atoms. The Kier molecular flexibility index (Phi) is 5.13. The highest BCUT2D eigenvalue weighted by Gasteiger charge is 2.33. The molecule has 3 rings (SSSR count). The fourth-order valence-corrected chi connectivity index (χ4v) is 2.74. The van der Waals surface area contributed by atoms with E-state index in [-0.39, 0.29) is 12.4 Å². The summed E-state index contributed by atoms with van der Waals surface area (Å²) >= 11 is 0. The molecule has 2 aromatic heterocycles. The molecule has 3 aromatic rings. The Morgan fingerprint density at radius 2 is 2.00 bits per heavy atom. The Balaban J connectivity index is 1.53. The van der Waals surface area contributed by atoms with E-state index in [4.69, 9.17) is 4.74 Å². The number of nitrogens with zero attached hydrogens (tertiary/aromatic N) is 3. The van der Waals surface area contributed by atoms with Crippen LogP contribution < -0.4 is 10.1 Å². The predicted octanol–water partition coefficient (Wildman–Crippen LogP) is 3.46. The maximum atomic E-state index is 12.9. The van der Waals surface area contributed by atoms with E-state index in [1.165, 1.54) is 18.2 Å². The van der Waals surface area contributed by atoms with Gasteiger partial charge in [0.2, 0.25) is 0 Å². The largest absolute Gasteiger partial charge is 0.492 e. The van der Waals surface area contributed by atoms with Crippen molar-refractivity contribution >= 4 is 11.0 Å². The molecule has 0 fully saturated rings. The van der Waals surface area contributed by atoms with Crippen LogP contribution in [0.5, 0.6) is 5.75 Å². The van der Waals surface area contributed by atoms with E-state index in [0.29, 0.717) is 13.1 Å². The summed E-state index contributed by atoms with van der Waals surface area (Å²) in [6.45, 7) is 3.01. The topological polar surface area (TPSA) is 52.0 Å². The van der Waals surface area contributed by atoms with E-state index in [2.05, 4.69) is 15.4 Å². The highest BCUT2D eigenvalue weighted by molar-refractivity contribution is 5.78. The third kappa shape index (κ3) is 3.96. The van der Waals surface area contributed by atoms with Crippen LogP contribution in [-0.2, 0) is 19.8 Å². The molecule has 0 aliphatic rings. The Bertz CT molecular complexity index is 905. The van der Waals surface area contributed by atoms with Gasteiger partial charge in [0.05, 0.1) is 11.3 Å². The zero-order valence-electron chi connectivity index (χ0n) is 14.5. The molecule has 0 aliphatic heterocycles. The quantitative estimate of drug-likeness (QED) is 0.681. The molecule has 2 heterocycles. The van der Waals surface area contributed by atoms with Crippen LogP contribution in [0.15, 0.2) is 36.5 Å². The number of aromatic nitrogens is 3. The predicted molar refractivity (Wildman–Crippen MR) is 91.9 cm³/mol. The molecule has 0 radical (unpaired) electrons. The maximum Gasteiger partial charge on any atom is 0.419 e. The standard InChI is InChI=1S/C18H19F3N4O/c1-12-14-9-13(11-23-17(14)25(2)24-12)10-22-7-8-26-16-6-4-3-5-15(16)18(19,20)21/h3-6,9,11,22H,7-8,10H2,1-2H3. The lowest BCUT2D eigenvalue weighted by molar-refractivity contribution is -0.138. The van der Waals surface area contributed by atoms with Crippen molar-refractivity contribution in [3.8, 4) is 5.75 Å². The lowest BCUT2D eigenvalue weighted by Crippen LogP contribution is -2.21. The number of rotatable bonds is 6. The van der Waals surface area contributed by atoms with Crippen molar-refractivity contribution in [3.05, 3.63) is 53.3 Å². The van der Waals surface area contributed by atoms with Gasteiger partial charge in [0.25, 0.3) is 0 Å². The molecule has 5 nitrogen and oxygen atoms in total. The summed E-state index contributed by atoms with van der Waals surface area (Å²) < 4.78 is 45.7. The number of hydrogen-bond acceptors (Lipinski definition) is 4. The first-order chi connectivity index (χ1) is 12.4. The second-order valence-electron chi connectivity index (χ2n) is 5.94. The minimum Gasteiger partial charge on any atom is -0.492 e. The van der Waals surface area contributed by atoms with Crippen molar-refractivity contribution in [1.29, 1.82) is 0 Å². The summed E-state index contributed by atoms with van der Waals surface area (Å²) in [7, 11) is 1.84. The maximum absolute atomic E-state index is 12.9. The third-order valence-corrected chi connectivity index (χ3v) is 3.98. The molecule has 0 amide bonds. The first kappa shape index (κ1) is 18.2. The molecule has 0 aliphatic carbocycles. The number of nitrogens with one attached hydrogen (secondary N) is 1. The average Bonchev–Trinajstić information content (AvgIpc) is 2.88. The van der Waals surface area contributed by atoms with Crippen LogP contribution in [0.1, 0.15) is 16.8 Å². The first-order valence-corrected chi connectivity index (χ1v) is 8.14. The van der Waals surface area contributed by atoms with E-state index in [0.717, 1.165) is 28.4 Å².